The van der Waals surface area contributed by atoms with Gasteiger partial charge in [0.1, 0.15) is 5.75 Å². The van der Waals surface area contributed by atoms with E-state index in [1.165, 1.54) is 0 Å². The molecule has 0 unspecified atom stereocenters. The Morgan fingerprint density at radius 2 is 2.00 bits per heavy atom. The van der Waals surface area contributed by atoms with E-state index in [4.69, 9.17) is 9.47 Å². The molecule has 148 valence electrons. The molecule has 1 N–H and O–H groups in total. The maximum Gasteiger partial charge on any atom is 0.228 e. The molecule has 0 atom stereocenters. The standard InChI is InChI=1S/C23H23N3O3/c1-28-10-9-26-15-17(20-5-3-4-6-22(20)26)12-23(27)25-18-11-16-7-8-19(29-2)13-21(16)24-14-18/h3-8,11,13-15H,9-10,12H2,1-2H3,(H,25,27). The Labute approximate surface area is 169 Å². The van der Waals surface area contributed by atoms with Crippen LogP contribution in [-0.4, -0.2) is 36.3 Å². The zero-order chi connectivity index (χ0) is 20.2. The first-order chi connectivity index (χ1) is 14.2. The molecule has 2 aromatic heterocycles. The van der Waals surface area contributed by atoms with Gasteiger partial charge in [-0.15, -0.1) is 0 Å². The quantitative estimate of drug-likeness (QED) is 0.518. The number of aromatic nitrogens is 2. The van der Waals surface area contributed by atoms with Crippen molar-refractivity contribution >= 4 is 33.4 Å². The van der Waals surface area contributed by atoms with Crippen LogP contribution in [-0.2, 0) is 22.5 Å². The molecule has 0 spiro atoms. The van der Waals surface area contributed by atoms with Crippen LogP contribution in [0.25, 0.3) is 21.8 Å². The lowest BCUT2D eigenvalue weighted by atomic mass is 10.1. The van der Waals surface area contributed by atoms with Gasteiger partial charge in [-0.3, -0.25) is 9.78 Å². The van der Waals surface area contributed by atoms with Gasteiger partial charge in [0.15, 0.2) is 0 Å². The Morgan fingerprint density at radius 3 is 2.83 bits per heavy atom. The van der Waals surface area contributed by atoms with Gasteiger partial charge in [0.25, 0.3) is 0 Å². The highest BCUT2D eigenvalue weighted by Gasteiger charge is 2.12. The number of nitrogens with one attached hydrogen (secondary N) is 1. The number of benzene rings is 2. The maximum atomic E-state index is 12.7. The minimum Gasteiger partial charge on any atom is -0.497 e. The van der Waals surface area contributed by atoms with Crippen molar-refractivity contribution in [1.82, 2.24) is 9.55 Å². The molecular weight excluding hydrogens is 366 g/mol. The highest BCUT2D eigenvalue weighted by Crippen LogP contribution is 2.24. The molecule has 0 fully saturated rings. The number of hydrogen-bond donors (Lipinski definition) is 1. The predicted molar refractivity (Wildman–Crippen MR) is 114 cm³/mol. The maximum absolute atomic E-state index is 12.7. The van der Waals surface area contributed by atoms with E-state index in [0.717, 1.165) is 39.7 Å². The van der Waals surface area contributed by atoms with Crippen molar-refractivity contribution < 1.29 is 14.3 Å². The van der Waals surface area contributed by atoms with Crippen LogP contribution in [0.2, 0.25) is 0 Å². The number of ether oxygens (including phenoxy) is 2. The van der Waals surface area contributed by atoms with Gasteiger partial charge in [0.05, 0.1) is 37.5 Å². The molecule has 2 heterocycles. The number of amides is 1. The van der Waals surface area contributed by atoms with Crippen LogP contribution in [0.15, 0.2) is 60.9 Å². The van der Waals surface area contributed by atoms with Gasteiger partial charge in [-0.25, -0.2) is 0 Å². The minimum atomic E-state index is -0.0747. The molecule has 0 aliphatic rings. The second kappa shape index (κ2) is 8.32. The van der Waals surface area contributed by atoms with E-state index in [1.807, 2.05) is 48.7 Å². The highest BCUT2D eigenvalue weighted by molar-refractivity contribution is 5.97. The summed E-state index contributed by atoms with van der Waals surface area (Å²) in [6.07, 6.45) is 4.00. The second-order valence-electron chi connectivity index (χ2n) is 6.87. The third-order valence-corrected chi connectivity index (χ3v) is 4.93. The van der Waals surface area contributed by atoms with Gasteiger partial charge in [-0.2, -0.15) is 0 Å². The molecule has 4 rings (SSSR count). The number of methoxy groups -OCH3 is 2. The van der Waals surface area contributed by atoms with E-state index in [1.54, 1.807) is 20.4 Å². The Bertz CT molecular complexity index is 1170. The molecular formula is C23H23N3O3. The summed E-state index contributed by atoms with van der Waals surface area (Å²) in [5, 5.41) is 4.99. The first-order valence-electron chi connectivity index (χ1n) is 9.47. The van der Waals surface area contributed by atoms with Gasteiger partial charge in [0.2, 0.25) is 5.91 Å². The summed E-state index contributed by atoms with van der Waals surface area (Å²) in [4.78, 5) is 17.1. The number of carbonyl (C=O) groups is 1. The number of para-hydroxylation sites is 1. The fraction of sp³-hybridized carbons (Fsp3) is 0.217. The molecule has 2 aromatic carbocycles. The number of anilines is 1. The van der Waals surface area contributed by atoms with Crippen molar-refractivity contribution in [2.75, 3.05) is 26.1 Å². The van der Waals surface area contributed by atoms with Crippen molar-refractivity contribution in [2.24, 2.45) is 0 Å². The fourth-order valence-corrected chi connectivity index (χ4v) is 3.51. The van der Waals surface area contributed by atoms with Crippen molar-refractivity contribution in [3.63, 3.8) is 0 Å². The first kappa shape index (κ1) is 19.0. The summed E-state index contributed by atoms with van der Waals surface area (Å²) in [5.41, 5.74) is 3.60. The zero-order valence-corrected chi connectivity index (χ0v) is 16.5. The molecule has 0 radical (unpaired) electrons. The molecule has 29 heavy (non-hydrogen) atoms. The van der Waals surface area contributed by atoms with Crippen LogP contribution in [0.3, 0.4) is 0 Å². The molecule has 0 saturated carbocycles. The average Bonchev–Trinajstić information content (AvgIpc) is 3.09. The summed E-state index contributed by atoms with van der Waals surface area (Å²) in [5.74, 6) is 0.681. The van der Waals surface area contributed by atoms with Crippen LogP contribution < -0.4 is 10.1 Å². The number of nitrogens with zero attached hydrogens (tertiary/aromatic N) is 2. The Hall–Kier alpha value is -3.38. The van der Waals surface area contributed by atoms with Crippen LogP contribution in [0.4, 0.5) is 5.69 Å². The second-order valence-corrected chi connectivity index (χ2v) is 6.87. The fourth-order valence-electron chi connectivity index (χ4n) is 3.51. The first-order valence-corrected chi connectivity index (χ1v) is 9.47. The minimum absolute atomic E-state index is 0.0747. The highest BCUT2D eigenvalue weighted by atomic mass is 16.5. The van der Waals surface area contributed by atoms with E-state index in [-0.39, 0.29) is 5.91 Å². The molecule has 6 nitrogen and oxygen atoms in total. The van der Waals surface area contributed by atoms with Gasteiger partial charge in [-0.05, 0) is 29.8 Å². The van der Waals surface area contributed by atoms with E-state index in [0.29, 0.717) is 18.7 Å². The van der Waals surface area contributed by atoms with Crippen molar-refractivity contribution in [1.29, 1.82) is 0 Å². The van der Waals surface area contributed by atoms with Crippen molar-refractivity contribution in [3.8, 4) is 5.75 Å². The lowest BCUT2D eigenvalue weighted by Gasteiger charge is -2.07. The van der Waals surface area contributed by atoms with Gasteiger partial charge < -0.3 is 19.4 Å². The third kappa shape index (κ3) is 4.07. The lowest BCUT2D eigenvalue weighted by Crippen LogP contribution is -2.14. The van der Waals surface area contributed by atoms with E-state index >= 15 is 0 Å². The smallest absolute Gasteiger partial charge is 0.228 e. The van der Waals surface area contributed by atoms with Crippen LogP contribution in [0, 0.1) is 0 Å². The molecule has 0 saturated heterocycles. The summed E-state index contributed by atoms with van der Waals surface area (Å²) in [6.45, 7) is 1.37. The predicted octanol–water partition coefficient (Wildman–Crippen LogP) is 4.03. The average molecular weight is 389 g/mol. The molecule has 0 aliphatic carbocycles. The summed E-state index contributed by atoms with van der Waals surface area (Å²) >= 11 is 0. The van der Waals surface area contributed by atoms with Crippen LogP contribution in [0.5, 0.6) is 5.75 Å². The Balaban J connectivity index is 1.53. The van der Waals surface area contributed by atoms with Crippen LogP contribution in [0.1, 0.15) is 5.56 Å². The number of rotatable bonds is 7. The summed E-state index contributed by atoms with van der Waals surface area (Å²) in [7, 11) is 3.32. The normalized spacial score (nSPS) is 11.1. The molecule has 6 heteroatoms. The number of hydrogen-bond acceptors (Lipinski definition) is 4. The SMILES string of the molecule is COCCn1cc(CC(=O)Nc2cnc3cc(OC)ccc3c2)c2ccccc21. The largest absolute Gasteiger partial charge is 0.497 e. The van der Waals surface area contributed by atoms with Crippen molar-refractivity contribution in [3.05, 3.63) is 66.5 Å². The topological polar surface area (TPSA) is 65.4 Å². The zero-order valence-electron chi connectivity index (χ0n) is 16.5. The Kier molecular flexibility index (Phi) is 5.44. The number of carbonyl (C=O) groups excluding carboxylic acids is 1. The van der Waals surface area contributed by atoms with E-state index in [2.05, 4.69) is 20.9 Å². The molecule has 4 aromatic rings. The van der Waals surface area contributed by atoms with E-state index < -0.39 is 0 Å². The lowest BCUT2D eigenvalue weighted by molar-refractivity contribution is -0.115. The summed E-state index contributed by atoms with van der Waals surface area (Å²) < 4.78 is 12.6. The van der Waals surface area contributed by atoms with Crippen molar-refractivity contribution in [2.45, 2.75) is 13.0 Å². The third-order valence-electron chi connectivity index (χ3n) is 4.93. The number of pyridine rings is 1. The summed E-state index contributed by atoms with van der Waals surface area (Å²) in [6, 6.07) is 15.7. The number of fused-ring (bicyclic) bond motifs is 2. The van der Waals surface area contributed by atoms with E-state index in [9.17, 15) is 4.79 Å². The molecule has 0 bridgehead atoms. The van der Waals surface area contributed by atoms with Gasteiger partial charge in [0, 0.05) is 42.2 Å². The van der Waals surface area contributed by atoms with Gasteiger partial charge >= 0.3 is 0 Å². The monoisotopic (exact) mass is 389 g/mol. The molecule has 0 aliphatic heterocycles. The Morgan fingerprint density at radius 1 is 1.14 bits per heavy atom. The van der Waals surface area contributed by atoms with Gasteiger partial charge in [-0.1, -0.05) is 18.2 Å². The van der Waals surface area contributed by atoms with Crippen LogP contribution >= 0.6 is 0 Å². The molecule has 1 amide bonds.